The van der Waals surface area contributed by atoms with Crippen LogP contribution in [0.1, 0.15) is 13.8 Å². The quantitative estimate of drug-likeness (QED) is 0.635. The Labute approximate surface area is 107 Å². The number of carbonyl (C=O) groups is 1. The monoisotopic (exact) mass is 273 g/mol. The molecule has 0 spiro atoms. The minimum Gasteiger partial charge on any atom is -0.465 e. The van der Waals surface area contributed by atoms with Gasteiger partial charge in [0.25, 0.3) is 0 Å². The maximum absolute atomic E-state index is 11.4. The highest BCUT2D eigenvalue weighted by atomic mass is 32.4. The van der Waals surface area contributed by atoms with Gasteiger partial charge >= 0.3 is 5.97 Å². The predicted molar refractivity (Wildman–Crippen MR) is 72.0 cm³/mol. The van der Waals surface area contributed by atoms with Crippen LogP contribution in [-0.4, -0.2) is 18.6 Å². The molecule has 0 fully saturated rings. The highest BCUT2D eigenvalue weighted by molar-refractivity contribution is 8.02. The molecule has 0 radical (unpaired) electrons. The van der Waals surface area contributed by atoms with Crippen LogP contribution in [0.2, 0.25) is 0 Å². The van der Waals surface area contributed by atoms with Crippen molar-refractivity contribution in [2.45, 2.75) is 19.9 Å². The van der Waals surface area contributed by atoms with Crippen LogP contribution >= 0.6 is 7.07 Å². The maximum Gasteiger partial charge on any atom is 0.323 e. The molecule has 1 N–H and O–H groups in total. The number of rotatable bonds is 6. The average molecular weight is 273 g/mol. The standard InChI is InChI=1S/C11H16NO3PS/c1-3-14-11(13)9(2)12-16(17)15-10-7-5-4-6-8-10/h4-9,16H,3H2,1-2H3,(H,12,17)/t9-/m0/s1. The molecule has 0 heterocycles. The fraction of sp³-hybridized carbons (Fsp3) is 0.364. The Kier molecular flexibility index (Phi) is 6.19. The average Bonchev–Trinajstić information content (AvgIpc) is 2.30. The van der Waals surface area contributed by atoms with Gasteiger partial charge in [-0.1, -0.05) is 18.2 Å². The van der Waals surface area contributed by atoms with Crippen molar-refractivity contribution in [1.29, 1.82) is 0 Å². The molecule has 4 nitrogen and oxygen atoms in total. The molecular weight excluding hydrogens is 257 g/mol. The van der Waals surface area contributed by atoms with E-state index in [-0.39, 0.29) is 5.97 Å². The van der Waals surface area contributed by atoms with Gasteiger partial charge in [0, 0.05) is 0 Å². The lowest BCUT2D eigenvalue weighted by Crippen LogP contribution is -2.31. The molecule has 2 atom stereocenters. The van der Waals surface area contributed by atoms with E-state index in [1.165, 1.54) is 0 Å². The first-order valence-corrected chi connectivity index (χ1v) is 7.87. The zero-order chi connectivity index (χ0) is 12.7. The number of benzene rings is 1. The van der Waals surface area contributed by atoms with Crippen LogP contribution in [0.15, 0.2) is 30.3 Å². The first-order valence-electron chi connectivity index (χ1n) is 5.33. The molecule has 0 aliphatic rings. The summed E-state index contributed by atoms with van der Waals surface area (Å²) in [5, 5.41) is 2.93. The molecule has 0 amide bonds. The van der Waals surface area contributed by atoms with E-state index in [1.54, 1.807) is 13.8 Å². The second kappa shape index (κ2) is 7.43. The van der Waals surface area contributed by atoms with Crippen molar-refractivity contribution < 1.29 is 14.1 Å². The van der Waals surface area contributed by atoms with Gasteiger partial charge in [-0.15, -0.1) is 0 Å². The minimum atomic E-state index is -1.67. The van der Waals surface area contributed by atoms with E-state index in [9.17, 15) is 4.79 Å². The molecular formula is C11H16NO3PS. The highest BCUT2D eigenvalue weighted by Gasteiger charge is 2.14. The summed E-state index contributed by atoms with van der Waals surface area (Å²) in [6.07, 6.45) is 0. The lowest BCUT2D eigenvalue weighted by Gasteiger charge is -2.15. The fourth-order valence-electron chi connectivity index (χ4n) is 1.13. The van der Waals surface area contributed by atoms with Crippen molar-refractivity contribution in [2.75, 3.05) is 6.61 Å². The molecule has 1 rings (SSSR count). The molecule has 6 heteroatoms. The first kappa shape index (κ1) is 14.2. The first-order chi connectivity index (χ1) is 8.13. The van der Waals surface area contributed by atoms with Crippen molar-refractivity contribution in [3.05, 3.63) is 30.3 Å². The van der Waals surface area contributed by atoms with Crippen LogP contribution in [-0.2, 0) is 21.3 Å². The van der Waals surface area contributed by atoms with Crippen LogP contribution in [0.25, 0.3) is 0 Å². The molecule has 0 aliphatic heterocycles. The Morgan fingerprint density at radius 3 is 2.71 bits per heavy atom. The van der Waals surface area contributed by atoms with Gasteiger partial charge in [-0.25, -0.2) is 5.09 Å². The molecule has 0 bridgehead atoms. The molecule has 1 unspecified atom stereocenters. The largest absolute Gasteiger partial charge is 0.465 e. The van der Waals surface area contributed by atoms with Gasteiger partial charge in [-0.3, -0.25) is 4.79 Å². The van der Waals surface area contributed by atoms with Crippen molar-refractivity contribution in [2.24, 2.45) is 0 Å². The molecule has 94 valence electrons. The highest BCUT2D eigenvalue weighted by Crippen LogP contribution is 2.23. The summed E-state index contributed by atoms with van der Waals surface area (Å²) in [6, 6.07) is 8.85. The Morgan fingerprint density at radius 1 is 1.47 bits per heavy atom. The number of esters is 1. The van der Waals surface area contributed by atoms with Gasteiger partial charge < -0.3 is 9.26 Å². The predicted octanol–water partition coefficient (Wildman–Crippen LogP) is 2.11. The topological polar surface area (TPSA) is 47.6 Å². The van der Waals surface area contributed by atoms with E-state index in [2.05, 4.69) is 5.09 Å². The lowest BCUT2D eigenvalue weighted by molar-refractivity contribution is -0.144. The number of carbonyl (C=O) groups excluding carboxylic acids is 1. The summed E-state index contributed by atoms with van der Waals surface area (Å²) in [7, 11) is -1.67. The summed E-state index contributed by atoms with van der Waals surface area (Å²) in [5.74, 6) is 0.399. The van der Waals surface area contributed by atoms with E-state index in [0.717, 1.165) is 0 Å². The Balaban J connectivity index is 2.42. The smallest absolute Gasteiger partial charge is 0.323 e. The second-order valence-electron chi connectivity index (χ2n) is 3.32. The molecule has 0 saturated heterocycles. The third-order valence-corrected chi connectivity index (χ3v) is 3.62. The fourth-order valence-corrected chi connectivity index (χ4v) is 2.83. The van der Waals surface area contributed by atoms with E-state index in [0.29, 0.717) is 12.4 Å². The van der Waals surface area contributed by atoms with Crippen molar-refractivity contribution >= 4 is 24.9 Å². The maximum atomic E-state index is 11.4. The number of nitrogens with one attached hydrogen (secondary N) is 1. The number of ether oxygens (including phenoxy) is 1. The summed E-state index contributed by atoms with van der Waals surface area (Å²) in [6.45, 7) is 3.85. The van der Waals surface area contributed by atoms with E-state index in [4.69, 9.17) is 21.1 Å². The van der Waals surface area contributed by atoms with E-state index >= 15 is 0 Å². The third-order valence-electron chi connectivity index (χ3n) is 1.93. The van der Waals surface area contributed by atoms with Crippen LogP contribution in [0.3, 0.4) is 0 Å². The second-order valence-corrected chi connectivity index (χ2v) is 5.50. The molecule has 1 aromatic rings. The SMILES string of the molecule is CCOC(=O)[C@H](C)N[PH](=S)Oc1ccccc1. The lowest BCUT2D eigenvalue weighted by atomic mass is 10.3. The molecule has 0 aliphatic carbocycles. The van der Waals surface area contributed by atoms with Gasteiger partial charge in [-0.2, -0.15) is 0 Å². The zero-order valence-electron chi connectivity index (χ0n) is 9.80. The zero-order valence-corrected chi connectivity index (χ0v) is 11.6. The van der Waals surface area contributed by atoms with E-state index < -0.39 is 13.1 Å². The van der Waals surface area contributed by atoms with Gasteiger partial charge in [0.1, 0.15) is 11.8 Å². The number of hydrogen-bond acceptors (Lipinski definition) is 4. The third kappa shape index (κ3) is 5.31. The number of hydrogen-bond donors (Lipinski definition) is 1. The summed E-state index contributed by atoms with van der Waals surface area (Å²) >= 11 is 5.16. The van der Waals surface area contributed by atoms with Crippen LogP contribution in [0.5, 0.6) is 5.75 Å². The molecule has 17 heavy (non-hydrogen) atoms. The van der Waals surface area contributed by atoms with Crippen molar-refractivity contribution in [1.82, 2.24) is 5.09 Å². The van der Waals surface area contributed by atoms with Gasteiger partial charge in [0.05, 0.1) is 6.61 Å². The molecule has 1 aromatic carbocycles. The Morgan fingerprint density at radius 2 is 2.12 bits per heavy atom. The molecule has 0 aromatic heterocycles. The normalized spacial score (nSPS) is 13.8. The van der Waals surface area contributed by atoms with Crippen LogP contribution in [0.4, 0.5) is 0 Å². The summed E-state index contributed by atoms with van der Waals surface area (Å²) in [4.78, 5) is 11.4. The van der Waals surface area contributed by atoms with Crippen LogP contribution in [0, 0.1) is 0 Å². The summed E-state index contributed by atoms with van der Waals surface area (Å²) < 4.78 is 10.4. The van der Waals surface area contributed by atoms with Gasteiger partial charge in [-0.05, 0) is 37.8 Å². The minimum absolute atomic E-state index is 0.309. The van der Waals surface area contributed by atoms with Crippen LogP contribution < -0.4 is 9.61 Å². The van der Waals surface area contributed by atoms with Crippen molar-refractivity contribution in [3.63, 3.8) is 0 Å². The molecule has 0 saturated carbocycles. The number of para-hydroxylation sites is 1. The van der Waals surface area contributed by atoms with Gasteiger partial charge in [0.2, 0.25) is 0 Å². The summed E-state index contributed by atoms with van der Waals surface area (Å²) in [5.41, 5.74) is 0. The Hall–Kier alpha value is -0.900. The van der Waals surface area contributed by atoms with Gasteiger partial charge in [0.15, 0.2) is 7.07 Å². The van der Waals surface area contributed by atoms with Crippen molar-refractivity contribution in [3.8, 4) is 5.75 Å². The Bertz CT molecular complexity index is 386. The van der Waals surface area contributed by atoms with E-state index in [1.807, 2.05) is 30.3 Å².